The van der Waals surface area contributed by atoms with Crippen LogP contribution in [0, 0.1) is 6.92 Å². The van der Waals surface area contributed by atoms with Gasteiger partial charge in [0.1, 0.15) is 5.82 Å². The number of nitrogens with zero attached hydrogens (tertiary/aromatic N) is 4. The Labute approximate surface area is 203 Å². The maximum Gasteiger partial charge on any atom is 0.262 e. The molecule has 7 nitrogen and oxygen atoms in total. The molecule has 0 radical (unpaired) electrons. The van der Waals surface area contributed by atoms with Crippen LogP contribution in [-0.2, 0) is 30.7 Å². The molecule has 176 valence electrons. The number of benzene rings is 3. The lowest BCUT2D eigenvalue weighted by atomic mass is 10.1. The van der Waals surface area contributed by atoms with E-state index in [-0.39, 0.29) is 17.9 Å². The summed E-state index contributed by atoms with van der Waals surface area (Å²) in [5, 5.41) is 12.3. The maximum absolute atomic E-state index is 13.3. The van der Waals surface area contributed by atoms with Crippen LogP contribution in [0.1, 0.15) is 28.9 Å². The van der Waals surface area contributed by atoms with Crippen molar-refractivity contribution in [1.82, 2.24) is 24.5 Å². The zero-order valence-corrected chi connectivity index (χ0v) is 19.6. The van der Waals surface area contributed by atoms with E-state index in [1.807, 2.05) is 90.2 Å². The summed E-state index contributed by atoms with van der Waals surface area (Å²) in [6.07, 6.45) is 1.41. The minimum Gasteiger partial charge on any atom is -0.352 e. The molecular formula is C28H27N5O2. The Kier molecular flexibility index (Phi) is 6.39. The molecule has 0 atom stereocenters. The van der Waals surface area contributed by atoms with Gasteiger partial charge in [-0.3, -0.25) is 18.6 Å². The highest BCUT2D eigenvalue weighted by atomic mass is 16.1. The second kappa shape index (κ2) is 9.93. The summed E-state index contributed by atoms with van der Waals surface area (Å²) in [6.45, 7) is 3.02. The maximum atomic E-state index is 13.3. The summed E-state index contributed by atoms with van der Waals surface area (Å²) in [5.41, 5.74) is 4.07. The highest BCUT2D eigenvalue weighted by Crippen LogP contribution is 2.16. The Morgan fingerprint density at radius 3 is 2.40 bits per heavy atom. The van der Waals surface area contributed by atoms with Crippen LogP contribution in [0.5, 0.6) is 0 Å². The van der Waals surface area contributed by atoms with Gasteiger partial charge in [-0.2, -0.15) is 0 Å². The smallest absolute Gasteiger partial charge is 0.262 e. The minimum absolute atomic E-state index is 0.0518. The van der Waals surface area contributed by atoms with Crippen molar-refractivity contribution in [3.63, 3.8) is 0 Å². The standard InChI is InChI=1S/C28H27N5O2/c1-20-11-13-22(14-12-20)19-29-26(34)16-15-25-30-31-28-32(18-17-21-7-3-2-4-8-21)27(35)23-9-5-6-10-24(23)33(25)28/h2-14H,15-19H2,1H3,(H,29,34). The zero-order chi connectivity index (χ0) is 24.2. The predicted molar refractivity (Wildman–Crippen MR) is 136 cm³/mol. The lowest BCUT2D eigenvalue weighted by molar-refractivity contribution is -0.121. The first-order valence-electron chi connectivity index (χ1n) is 11.8. The molecule has 0 aliphatic rings. The van der Waals surface area contributed by atoms with Crippen molar-refractivity contribution in [3.05, 3.63) is 112 Å². The van der Waals surface area contributed by atoms with Crippen molar-refractivity contribution >= 4 is 22.6 Å². The summed E-state index contributed by atoms with van der Waals surface area (Å²) >= 11 is 0. The highest BCUT2D eigenvalue weighted by molar-refractivity contribution is 5.80. The molecule has 5 aromatic rings. The van der Waals surface area contributed by atoms with E-state index in [1.165, 1.54) is 5.56 Å². The molecule has 2 heterocycles. The van der Waals surface area contributed by atoms with E-state index in [0.29, 0.717) is 42.9 Å². The van der Waals surface area contributed by atoms with Gasteiger partial charge in [0.05, 0.1) is 10.9 Å². The van der Waals surface area contributed by atoms with Gasteiger partial charge in [-0.25, -0.2) is 0 Å². The first kappa shape index (κ1) is 22.5. The van der Waals surface area contributed by atoms with Gasteiger partial charge in [-0.05, 0) is 36.6 Å². The molecule has 0 aliphatic heterocycles. The van der Waals surface area contributed by atoms with Gasteiger partial charge in [-0.1, -0.05) is 72.3 Å². The predicted octanol–water partition coefficient (Wildman–Crippen LogP) is 3.84. The number of aryl methyl sites for hydroxylation is 4. The van der Waals surface area contributed by atoms with Crippen LogP contribution in [0.25, 0.3) is 16.7 Å². The van der Waals surface area contributed by atoms with Crippen molar-refractivity contribution in [3.8, 4) is 0 Å². The topological polar surface area (TPSA) is 81.3 Å². The number of aromatic nitrogens is 4. The van der Waals surface area contributed by atoms with Gasteiger partial charge < -0.3 is 5.32 Å². The molecule has 0 bridgehead atoms. The Morgan fingerprint density at radius 2 is 1.60 bits per heavy atom. The number of carbonyl (C=O) groups excluding carboxylic acids is 1. The van der Waals surface area contributed by atoms with Gasteiger partial charge in [0, 0.05) is 25.9 Å². The summed E-state index contributed by atoms with van der Waals surface area (Å²) in [5.74, 6) is 1.11. The van der Waals surface area contributed by atoms with Crippen LogP contribution in [0.2, 0.25) is 0 Å². The molecule has 1 N–H and O–H groups in total. The fraction of sp³-hybridized carbons (Fsp3) is 0.214. The summed E-state index contributed by atoms with van der Waals surface area (Å²) < 4.78 is 3.60. The van der Waals surface area contributed by atoms with Crippen LogP contribution in [-0.4, -0.2) is 25.1 Å². The van der Waals surface area contributed by atoms with E-state index >= 15 is 0 Å². The van der Waals surface area contributed by atoms with Crippen LogP contribution in [0.4, 0.5) is 0 Å². The Balaban J connectivity index is 1.39. The molecule has 5 rings (SSSR count). The second-order valence-electron chi connectivity index (χ2n) is 8.72. The van der Waals surface area contributed by atoms with E-state index in [4.69, 9.17) is 0 Å². The molecule has 0 aliphatic carbocycles. The van der Waals surface area contributed by atoms with E-state index in [9.17, 15) is 9.59 Å². The first-order valence-corrected chi connectivity index (χ1v) is 11.8. The fourth-order valence-electron chi connectivity index (χ4n) is 4.28. The summed E-state index contributed by atoms with van der Waals surface area (Å²) in [7, 11) is 0. The highest BCUT2D eigenvalue weighted by Gasteiger charge is 2.17. The molecular weight excluding hydrogens is 438 g/mol. The summed E-state index contributed by atoms with van der Waals surface area (Å²) in [6, 6.07) is 25.6. The van der Waals surface area contributed by atoms with E-state index < -0.39 is 0 Å². The molecule has 0 fully saturated rings. The average molecular weight is 466 g/mol. The summed E-state index contributed by atoms with van der Waals surface area (Å²) in [4.78, 5) is 25.8. The van der Waals surface area contributed by atoms with Crippen LogP contribution in [0.3, 0.4) is 0 Å². The molecule has 3 aromatic carbocycles. The number of para-hydroxylation sites is 1. The van der Waals surface area contributed by atoms with Gasteiger partial charge in [-0.15, -0.1) is 10.2 Å². The number of fused-ring (bicyclic) bond motifs is 3. The molecule has 0 spiro atoms. The Bertz CT molecular complexity index is 1540. The Hall–Kier alpha value is -4.26. The van der Waals surface area contributed by atoms with Gasteiger partial charge in [0.15, 0.2) is 0 Å². The molecule has 0 unspecified atom stereocenters. The number of hydrogen-bond donors (Lipinski definition) is 1. The van der Waals surface area contributed by atoms with Gasteiger partial charge in [0.2, 0.25) is 11.7 Å². The largest absolute Gasteiger partial charge is 0.352 e. The molecule has 2 aromatic heterocycles. The minimum atomic E-state index is -0.0844. The lowest BCUT2D eigenvalue weighted by Gasteiger charge is -2.11. The van der Waals surface area contributed by atoms with E-state index in [0.717, 1.165) is 16.6 Å². The Morgan fingerprint density at radius 1 is 0.857 bits per heavy atom. The monoisotopic (exact) mass is 465 g/mol. The van der Waals surface area contributed by atoms with Crippen molar-refractivity contribution in [2.24, 2.45) is 0 Å². The van der Waals surface area contributed by atoms with Crippen molar-refractivity contribution in [1.29, 1.82) is 0 Å². The molecule has 1 amide bonds. The molecule has 0 saturated heterocycles. The normalized spacial score (nSPS) is 11.2. The molecule has 0 saturated carbocycles. The van der Waals surface area contributed by atoms with Crippen LogP contribution in [0.15, 0.2) is 83.7 Å². The zero-order valence-electron chi connectivity index (χ0n) is 19.6. The number of amides is 1. The third kappa shape index (κ3) is 4.84. The number of hydrogen-bond acceptors (Lipinski definition) is 4. The number of rotatable bonds is 8. The number of nitrogens with one attached hydrogen (secondary N) is 1. The van der Waals surface area contributed by atoms with Crippen molar-refractivity contribution in [2.75, 3.05) is 0 Å². The van der Waals surface area contributed by atoms with Crippen LogP contribution < -0.4 is 10.9 Å². The average Bonchev–Trinajstić information content (AvgIpc) is 3.31. The molecule has 7 heteroatoms. The van der Waals surface area contributed by atoms with E-state index in [2.05, 4.69) is 15.5 Å². The van der Waals surface area contributed by atoms with Crippen molar-refractivity contribution in [2.45, 2.75) is 39.3 Å². The first-order chi connectivity index (χ1) is 17.1. The van der Waals surface area contributed by atoms with Gasteiger partial charge in [0.25, 0.3) is 5.56 Å². The van der Waals surface area contributed by atoms with Gasteiger partial charge >= 0.3 is 0 Å². The second-order valence-corrected chi connectivity index (χ2v) is 8.72. The van der Waals surface area contributed by atoms with Crippen LogP contribution >= 0.6 is 0 Å². The number of carbonyl (C=O) groups is 1. The SMILES string of the molecule is Cc1ccc(CNC(=O)CCc2nnc3n(CCc4ccccc4)c(=O)c4ccccc4n23)cc1. The van der Waals surface area contributed by atoms with Crippen molar-refractivity contribution < 1.29 is 4.79 Å². The quantitative estimate of drug-likeness (QED) is 0.378. The lowest BCUT2D eigenvalue weighted by Crippen LogP contribution is -2.25. The third-order valence-corrected chi connectivity index (χ3v) is 6.23. The molecule has 35 heavy (non-hydrogen) atoms. The third-order valence-electron chi connectivity index (χ3n) is 6.23. The van der Waals surface area contributed by atoms with E-state index in [1.54, 1.807) is 4.57 Å². The fourth-order valence-corrected chi connectivity index (χ4v) is 4.28.